The number of ether oxygens (including phenoxy) is 2. The number of esters is 1. The van der Waals surface area contributed by atoms with Gasteiger partial charge in [-0.2, -0.15) is 0 Å². The van der Waals surface area contributed by atoms with Crippen LogP contribution in [0.25, 0.3) is 0 Å². The molecule has 0 aliphatic heterocycles. The zero-order valence-corrected chi connectivity index (χ0v) is 14.0. The van der Waals surface area contributed by atoms with E-state index >= 15 is 0 Å². The van der Waals surface area contributed by atoms with Gasteiger partial charge in [0.1, 0.15) is 5.15 Å². The van der Waals surface area contributed by atoms with E-state index in [0.29, 0.717) is 42.8 Å². The monoisotopic (exact) mass is 334 g/mol. The minimum atomic E-state index is -0.253. The van der Waals surface area contributed by atoms with Crippen molar-refractivity contribution in [3.8, 4) is 0 Å². The number of methoxy groups -OCH3 is 2. The van der Waals surface area contributed by atoms with Gasteiger partial charge in [-0.3, -0.25) is 9.69 Å². The number of pyridine rings is 1. The Morgan fingerprint density at radius 1 is 1.33 bits per heavy atom. The van der Waals surface area contributed by atoms with E-state index in [2.05, 4.69) is 9.72 Å². The predicted molar refractivity (Wildman–Crippen MR) is 82.8 cm³/mol. The third kappa shape index (κ3) is 6.18. The van der Waals surface area contributed by atoms with E-state index in [9.17, 15) is 4.79 Å². The fourth-order valence-electron chi connectivity index (χ4n) is 1.83. The summed E-state index contributed by atoms with van der Waals surface area (Å²) in [5, 5.41) is 0.966. The van der Waals surface area contributed by atoms with Crippen molar-refractivity contribution in [2.24, 2.45) is 0 Å². The number of aromatic nitrogens is 1. The molecular formula is C14H20Cl2N2O3. The van der Waals surface area contributed by atoms with Gasteiger partial charge in [0, 0.05) is 43.0 Å². The van der Waals surface area contributed by atoms with Gasteiger partial charge in [0.2, 0.25) is 0 Å². The molecule has 0 aliphatic carbocycles. The highest BCUT2D eigenvalue weighted by Crippen LogP contribution is 2.25. The summed E-state index contributed by atoms with van der Waals surface area (Å²) in [7, 11) is 3.01. The van der Waals surface area contributed by atoms with Gasteiger partial charge in [-0.05, 0) is 13.0 Å². The quantitative estimate of drug-likeness (QED) is 0.540. The minimum Gasteiger partial charge on any atom is -0.469 e. The van der Waals surface area contributed by atoms with Crippen molar-refractivity contribution < 1.29 is 14.3 Å². The number of aryl methyl sites for hydroxylation is 1. The van der Waals surface area contributed by atoms with Crippen LogP contribution in [0.3, 0.4) is 0 Å². The summed E-state index contributed by atoms with van der Waals surface area (Å²) >= 11 is 12.4. The molecule has 0 radical (unpaired) electrons. The lowest BCUT2D eigenvalue weighted by Gasteiger charge is -2.22. The first-order chi connectivity index (χ1) is 9.97. The summed E-state index contributed by atoms with van der Waals surface area (Å²) in [6.45, 7) is 4.09. The molecule has 1 rings (SSSR count). The first-order valence-electron chi connectivity index (χ1n) is 6.57. The zero-order chi connectivity index (χ0) is 15.8. The zero-order valence-electron chi connectivity index (χ0n) is 12.5. The standard InChI is InChI=1S/C14H20Cl2N2O3/c1-10-8-12(15)11(14(16)17-10)9-18(6-7-20-2)5-4-13(19)21-3/h8H,4-7,9H2,1-3H3. The van der Waals surface area contributed by atoms with E-state index < -0.39 is 0 Å². The summed E-state index contributed by atoms with van der Waals surface area (Å²) < 4.78 is 9.74. The van der Waals surface area contributed by atoms with Gasteiger partial charge < -0.3 is 9.47 Å². The Kier molecular flexibility index (Phi) is 7.96. The Labute approximate surface area is 135 Å². The lowest BCUT2D eigenvalue weighted by atomic mass is 10.2. The number of hydrogen-bond acceptors (Lipinski definition) is 5. The van der Waals surface area contributed by atoms with Crippen LogP contribution in [0.15, 0.2) is 6.07 Å². The molecule has 0 unspecified atom stereocenters. The number of halogens is 2. The summed E-state index contributed by atoms with van der Waals surface area (Å²) in [5.41, 5.74) is 1.52. The van der Waals surface area contributed by atoms with Crippen LogP contribution < -0.4 is 0 Å². The highest BCUT2D eigenvalue weighted by Gasteiger charge is 2.15. The van der Waals surface area contributed by atoms with Crippen molar-refractivity contribution in [2.75, 3.05) is 33.9 Å². The molecule has 0 amide bonds. The van der Waals surface area contributed by atoms with E-state index in [1.54, 1.807) is 13.2 Å². The molecule has 5 nitrogen and oxygen atoms in total. The molecular weight excluding hydrogens is 315 g/mol. The maximum atomic E-state index is 11.3. The molecule has 1 aromatic rings. The largest absolute Gasteiger partial charge is 0.469 e. The van der Waals surface area contributed by atoms with E-state index in [0.717, 1.165) is 11.3 Å². The SMILES string of the molecule is COCCN(CCC(=O)OC)Cc1c(Cl)cc(C)nc1Cl. The molecule has 0 atom stereocenters. The molecule has 0 aliphatic rings. The molecule has 0 saturated carbocycles. The molecule has 21 heavy (non-hydrogen) atoms. The van der Waals surface area contributed by atoms with Gasteiger partial charge in [-0.25, -0.2) is 4.98 Å². The van der Waals surface area contributed by atoms with Crippen LogP contribution in [0.4, 0.5) is 0 Å². The Hall–Kier alpha value is -0.880. The van der Waals surface area contributed by atoms with E-state index in [1.807, 2.05) is 11.8 Å². The first kappa shape index (κ1) is 18.2. The summed E-state index contributed by atoms with van der Waals surface area (Å²) in [6.07, 6.45) is 0.300. The van der Waals surface area contributed by atoms with Crippen molar-refractivity contribution in [3.63, 3.8) is 0 Å². The lowest BCUT2D eigenvalue weighted by Crippen LogP contribution is -2.30. The van der Waals surface area contributed by atoms with Crippen molar-refractivity contribution in [1.82, 2.24) is 9.88 Å². The summed E-state index contributed by atoms with van der Waals surface area (Å²) in [4.78, 5) is 17.5. The maximum absolute atomic E-state index is 11.3. The fraction of sp³-hybridized carbons (Fsp3) is 0.571. The van der Waals surface area contributed by atoms with Crippen LogP contribution in [0.2, 0.25) is 10.2 Å². The van der Waals surface area contributed by atoms with Crippen LogP contribution in [0.1, 0.15) is 17.7 Å². The smallest absolute Gasteiger partial charge is 0.306 e. The highest BCUT2D eigenvalue weighted by atomic mass is 35.5. The Bertz CT molecular complexity index is 460. The van der Waals surface area contributed by atoms with Crippen LogP contribution in [-0.4, -0.2) is 49.8 Å². The number of carbonyl (C=O) groups is 1. The molecule has 1 heterocycles. The molecule has 0 N–H and O–H groups in total. The predicted octanol–water partition coefficient (Wildman–Crippen LogP) is 2.71. The number of nitrogens with zero attached hydrogens (tertiary/aromatic N) is 2. The summed E-state index contributed by atoms with van der Waals surface area (Å²) in [5.74, 6) is -0.253. The highest BCUT2D eigenvalue weighted by molar-refractivity contribution is 6.35. The average Bonchev–Trinajstić information content (AvgIpc) is 2.44. The molecule has 0 spiro atoms. The van der Waals surface area contributed by atoms with Gasteiger partial charge >= 0.3 is 5.97 Å². The first-order valence-corrected chi connectivity index (χ1v) is 7.33. The minimum absolute atomic E-state index is 0.253. The summed E-state index contributed by atoms with van der Waals surface area (Å²) in [6, 6.07) is 1.78. The molecule has 118 valence electrons. The average molecular weight is 335 g/mol. The molecule has 7 heteroatoms. The topological polar surface area (TPSA) is 51.7 Å². The van der Waals surface area contributed by atoms with Crippen molar-refractivity contribution in [1.29, 1.82) is 0 Å². The van der Waals surface area contributed by atoms with Crippen LogP contribution in [0.5, 0.6) is 0 Å². The Morgan fingerprint density at radius 3 is 2.62 bits per heavy atom. The van der Waals surface area contributed by atoms with E-state index in [4.69, 9.17) is 27.9 Å². The molecule has 0 aromatic carbocycles. The van der Waals surface area contributed by atoms with Gasteiger partial charge in [-0.15, -0.1) is 0 Å². The molecule has 1 aromatic heterocycles. The fourth-order valence-corrected chi connectivity index (χ4v) is 2.48. The third-order valence-corrected chi connectivity index (χ3v) is 3.65. The van der Waals surface area contributed by atoms with E-state index in [-0.39, 0.29) is 5.97 Å². The van der Waals surface area contributed by atoms with E-state index in [1.165, 1.54) is 7.11 Å². The van der Waals surface area contributed by atoms with Gasteiger partial charge in [0.05, 0.1) is 20.1 Å². The van der Waals surface area contributed by atoms with Crippen molar-refractivity contribution in [3.05, 3.63) is 27.5 Å². The lowest BCUT2D eigenvalue weighted by molar-refractivity contribution is -0.141. The molecule has 0 fully saturated rings. The van der Waals surface area contributed by atoms with Crippen molar-refractivity contribution >= 4 is 29.2 Å². The third-order valence-electron chi connectivity index (χ3n) is 3.00. The second-order valence-electron chi connectivity index (χ2n) is 4.61. The molecule has 0 saturated heterocycles. The van der Waals surface area contributed by atoms with Crippen LogP contribution in [-0.2, 0) is 20.8 Å². The second kappa shape index (κ2) is 9.20. The Balaban J connectivity index is 2.77. The number of rotatable bonds is 8. The second-order valence-corrected chi connectivity index (χ2v) is 5.38. The van der Waals surface area contributed by atoms with Gasteiger partial charge in [0.25, 0.3) is 0 Å². The van der Waals surface area contributed by atoms with Gasteiger partial charge in [0.15, 0.2) is 0 Å². The normalized spacial score (nSPS) is 11.0. The molecule has 0 bridgehead atoms. The number of hydrogen-bond donors (Lipinski definition) is 0. The maximum Gasteiger partial charge on any atom is 0.306 e. The Morgan fingerprint density at radius 2 is 2.05 bits per heavy atom. The van der Waals surface area contributed by atoms with Crippen LogP contribution >= 0.6 is 23.2 Å². The van der Waals surface area contributed by atoms with Crippen molar-refractivity contribution in [2.45, 2.75) is 19.9 Å². The van der Waals surface area contributed by atoms with Crippen LogP contribution in [0, 0.1) is 6.92 Å². The number of carbonyl (C=O) groups excluding carboxylic acids is 1. The van der Waals surface area contributed by atoms with Gasteiger partial charge in [-0.1, -0.05) is 23.2 Å².